The minimum Gasteiger partial charge on any atom is -0.494 e. The Morgan fingerprint density at radius 1 is 1.50 bits per heavy atom. The Balaban J connectivity index is 1.40. The molecule has 10 heteroatoms. The van der Waals surface area contributed by atoms with Crippen molar-refractivity contribution in [2.75, 3.05) is 17.7 Å². The Labute approximate surface area is 157 Å². The van der Waals surface area contributed by atoms with Gasteiger partial charge in [-0.2, -0.15) is 0 Å². The molecule has 1 saturated carbocycles. The van der Waals surface area contributed by atoms with E-state index in [4.69, 9.17) is 4.74 Å². The summed E-state index contributed by atoms with van der Waals surface area (Å²) in [6, 6.07) is 5.87. The van der Waals surface area contributed by atoms with Gasteiger partial charge in [-0.3, -0.25) is 9.36 Å². The normalized spacial score (nSPS) is 13.9. The topological polar surface area (TPSA) is 102 Å². The number of carbonyl (C=O) groups is 1. The van der Waals surface area contributed by atoms with E-state index in [1.54, 1.807) is 4.57 Å². The van der Waals surface area contributed by atoms with E-state index in [2.05, 4.69) is 20.5 Å². The minimum absolute atomic E-state index is 0.164. The van der Waals surface area contributed by atoms with Crippen LogP contribution in [0.3, 0.4) is 0 Å². The first-order valence-corrected chi connectivity index (χ1v) is 10.1. The Bertz CT molecular complexity index is 1000. The molecule has 2 heterocycles. The number of nitrogens with zero attached hydrogens (tertiary/aromatic N) is 3. The first-order valence-electron chi connectivity index (χ1n) is 8.27. The van der Waals surface area contributed by atoms with E-state index >= 15 is 0 Å². The van der Waals surface area contributed by atoms with Crippen molar-refractivity contribution in [3.8, 4) is 5.75 Å². The van der Waals surface area contributed by atoms with Gasteiger partial charge in [-0.1, -0.05) is 23.1 Å². The molecule has 4 rings (SSSR count). The molecular formula is C16H17N5O3S2. The highest BCUT2D eigenvalue weighted by molar-refractivity contribution is 7.99. The molecule has 1 aliphatic carbocycles. The highest BCUT2D eigenvalue weighted by Gasteiger charge is 2.28. The van der Waals surface area contributed by atoms with Gasteiger partial charge >= 0.3 is 5.69 Å². The number of thiazole rings is 1. The summed E-state index contributed by atoms with van der Waals surface area (Å²) in [6.45, 7) is 2.53. The fourth-order valence-electron chi connectivity index (χ4n) is 2.55. The summed E-state index contributed by atoms with van der Waals surface area (Å²) in [5, 5.41) is 10.3. The third-order valence-electron chi connectivity index (χ3n) is 3.83. The molecule has 0 bridgehead atoms. The summed E-state index contributed by atoms with van der Waals surface area (Å²) in [5.74, 6) is 0.766. The van der Waals surface area contributed by atoms with E-state index in [0.717, 1.165) is 28.8 Å². The number of benzene rings is 1. The SMILES string of the molecule is CCOc1ccc2nc(NC(=O)CSc3n[nH]c(=O)n3C3CC3)sc2c1. The summed E-state index contributed by atoms with van der Waals surface area (Å²) in [6.07, 6.45) is 1.96. The lowest BCUT2D eigenvalue weighted by Gasteiger charge is -2.03. The Morgan fingerprint density at radius 2 is 2.35 bits per heavy atom. The van der Waals surface area contributed by atoms with Crippen LogP contribution >= 0.6 is 23.1 Å². The maximum Gasteiger partial charge on any atom is 0.344 e. The third-order valence-corrected chi connectivity index (χ3v) is 5.72. The monoisotopic (exact) mass is 391 g/mol. The second-order valence-corrected chi connectivity index (χ2v) is 7.80. The Morgan fingerprint density at radius 3 is 3.12 bits per heavy atom. The fraction of sp³-hybridized carbons (Fsp3) is 0.375. The van der Waals surface area contributed by atoms with Crippen LogP contribution in [0, 0.1) is 0 Å². The quantitative estimate of drug-likeness (QED) is 0.601. The molecular weight excluding hydrogens is 374 g/mol. The predicted octanol–water partition coefficient (Wildman–Crippen LogP) is 2.65. The van der Waals surface area contributed by atoms with E-state index in [1.807, 2.05) is 25.1 Å². The molecule has 136 valence electrons. The standard InChI is InChI=1S/C16H17N5O3S2/c1-2-24-10-5-6-11-12(7-10)26-14(17-11)18-13(22)8-25-16-20-19-15(23)21(16)9-3-4-9/h5-7,9H,2-4,8H2,1H3,(H,19,23)(H,17,18,22). The number of anilines is 1. The van der Waals surface area contributed by atoms with Crippen molar-refractivity contribution in [3.63, 3.8) is 0 Å². The molecule has 0 aliphatic heterocycles. The highest BCUT2D eigenvalue weighted by Crippen LogP contribution is 2.36. The van der Waals surface area contributed by atoms with Crippen molar-refractivity contribution in [1.29, 1.82) is 0 Å². The molecule has 0 atom stereocenters. The number of fused-ring (bicyclic) bond motifs is 1. The van der Waals surface area contributed by atoms with Crippen molar-refractivity contribution in [2.45, 2.75) is 31.0 Å². The van der Waals surface area contributed by atoms with Crippen LogP contribution in [0.25, 0.3) is 10.2 Å². The molecule has 1 fully saturated rings. The molecule has 1 amide bonds. The summed E-state index contributed by atoms with van der Waals surface area (Å²) < 4.78 is 8.06. The van der Waals surface area contributed by atoms with Crippen LogP contribution in [0.15, 0.2) is 28.2 Å². The number of ether oxygens (including phenoxy) is 1. The lowest BCUT2D eigenvalue weighted by atomic mass is 10.3. The summed E-state index contributed by atoms with van der Waals surface area (Å²) >= 11 is 2.65. The van der Waals surface area contributed by atoms with Gasteiger partial charge < -0.3 is 10.1 Å². The Hall–Kier alpha value is -2.33. The van der Waals surface area contributed by atoms with Crippen LogP contribution in [-0.2, 0) is 4.79 Å². The van der Waals surface area contributed by atoms with E-state index in [-0.39, 0.29) is 23.4 Å². The number of amides is 1. The van der Waals surface area contributed by atoms with Crippen molar-refractivity contribution < 1.29 is 9.53 Å². The number of nitrogens with one attached hydrogen (secondary N) is 2. The van der Waals surface area contributed by atoms with Crippen molar-refractivity contribution in [1.82, 2.24) is 19.7 Å². The number of rotatable bonds is 7. The number of hydrogen-bond acceptors (Lipinski definition) is 7. The lowest BCUT2D eigenvalue weighted by Crippen LogP contribution is -2.17. The van der Waals surface area contributed by atoms with Gasteiger partial charge in [0.25, 0.3) is 0 Å². The smallest absolute Gasteiger partial charge is 0.344 e. The van der Waals surface area contributed by atoms with E-state index in [0.29, 0.717) is 16.9 Å². The van der Waals surface area contributed by atoms with Crippen LogP contribution < -0.4 is 15.7 Å². The molecule has 0 spiro atoms. The number of thioether (sulfide) groups is 1. The maximum atomic E-state index is 12.2. The second kappa shape index (κ2) is 7.12. The number of aromatic nitrogens is 4. The minimum atomic E-state index is -0.216. The zero-order valence-corrected chi connectivity index (χ0v) is 15.7. The van der Waals surface area contributed by atoms with Crippen molar-refractivity contribution in [3.05, 3.63) is 28.7 Å². The predicted molar refractivity (Wildman–Crippen MR) is 101 cm³/mol. The molecule has 0 unspecified atom stereocenters. The first kappa shape index (κ1) is 17.1. The van der Waals surface area contributed by atoms with Crippen LogP contribution in [0.5, 0.6) is 5.75 Å². The average molecular weight is 391 g/mol. The largest absolute Gasteiger partial charge is 0.494 e. The van der Waals surface area contributed by atoms with Crippen LogP contribution in [0.2, 0.25) is 0 Å². The number of carbonyl (C=O) groups excluding carboxylic acids is 1. The third kappa shape index (κ3) is 3.61. The number of H-pyrrole nitrogens is 1. The zero-order chi connectivity index (χ0) is 18.1. The summed E-state index contributed by atoms with van der Waals surface area (Å²) in [4.78, 5) is 28.4. The van der Waals surface area contributed by atoms with E-state index < -0.39 is 0 Å². The van der Waals surface area contributed by atoms with Crippen LogP contribution in [0.1, 0.15) is 25.8 Å². The average Bonchev–Trinajstić information content (AvgIpc) is 3.26. The van der Waals surface area contributed by atoms with Gasteiger partial charge in [-0.25, -0.2) is 14.9 Å². The highest BCUT2D eigenvalue weighted by atomic mass is 32.2. The molecule has 0 saturated heterocycles. The van der Waals surface area contributed by atoms with Crippen molar-refractivity contribution in [2.24, 2.45) is 0 Å². The molecule has 3 aromatic rings. The molecule has 1 aliphatic rings. The summed E-state index contributed by atoms with van der Waals surface area (Å²) in [7, 11) is 0. The molecule has 2 N–H and O–H groups in total. The van der Waals surface area contributed by atoms with Gasteiger partial charge in [0, 0.05) is 6.04 Å². The number of aromatic amines is 1. The lowest BCUT2D eigenvalue weighted by molar-refractivity contribution is -0.113. The van der Waals surface area contributed by atoms with Crippen molar-refractivity contribution >= 4 is 44.4 Å². The van der Waals surface area contributed by atoms with Gasteiger partial charge in [0.1, 0.15) is 5.75 Å². The van der Waals surface area contributed by atoms with Gasteiger partial charge in [0.2, 0.25) is 5.91 Å². The molecule has 1 aromatic carbocycles. The van der Waals surface area contributed by atoms with E-state index in [9.17, 15) is 9.59 Å². The van der Waals surface area contributed by atoms with E-state index in [1.165, 1.54) is 23.1 Å². The molecule has 8 nitrogen and oxygen atoms in total. The summed E-state index contributed by atoms with van der Waals surface area (Å²) in [5.41, 5.74) is 0.600. The maximum absolute atomic E-state index is 12.2. The van der Waals surface area contributed by atoms with Gasteiger partial charge in [0.05, 0.1) is 22.6 Å². The van der Waals surface area contributed by atoms with Gasteiger partial charge in [0.15, 0.2) is 10.3 Å². The molecule has 0 radical (unpaired) electrons. The van der Waals surface area contributed by atoms with Gasteiger partial charge in [-0.15, -0.1) is 5.10 Å². The van der Waals surface area contributed by atoms with Crippen LogP contribution in [-0.4, -0.2) is 38.0 Å². The Kier molecular flexibility index (Phi) is 4.68. The molecule has 26 heavy (non-hydrogen) atoms. The zero-order valence-electron chi connectivity index (χ0n) is 14.0. The second-order valence-electron chi connectivity index (χ2n) is 5.83. The number of hydrogen-bond donors (Lipinski definition) is 2. The molecule has 2 aromatic heterocycles. The van der Waals surface area contributed by atoms with Gasteiger partial charge in [-0.05, 0) is 38.0 Å². The first-order chi connectivity index (χ1) is 12.6. The fourth-order valence-corrected chi connectivity index (χ4v) is 4.27. The van der Waals surface area contributed by atoms with Crippen LogP contribution in [0.4, 0.5) is 5.13 Å².